The maximum atomic E-state index is 11.5. The summed E-state index contributed by atoms with van der Waals surface area (Å²) in [6.45, 7) is 1.74. The molecule has 0 amide bonds. The number of aromatic nitrogens is 4. The van der Waals surface area contributed by atoms with Crippen LogP contribution in [0.1, 0.15) is 5.69 Å². The zero-order chi connectivity index (χ0) is 15.2. The van der Waals surface area contributed by atoms with Crippen molar-refractivity contribution in [3.05, 3.63) is 36.3 Å². The summed E-state index contributed by atoms with van der Waals surface area (Å²) in [7, 11) is -3.24. The summed E-state index contributed by atoms with van der Waals surface area (Å²) in [6, 6.07) is 6.30. The lowest BCUT2D eigenvalue weighted by atomic mass is 10.3. The van der Waals surface area contributed by atoms with E-state index in [1.165, 1.54) is 23.1 Å². The minimum absolute atomic E-state index is 0.128. The van der Waals surface area contributed by atoms with Crippen molar-refractivity contribution in [3.63, 3.8) is 0 Å². The Hall–Kier alpha value is -2.48. The van der Waals surface area contributed by atoms with Crippen molar-refractivity contribution in [2.45, 2.75) is 11.8 Å². The largest absolute Gasteiger partial charge is 0.493 e. The van der Waals surface area contributed by atoms with Crippen LogP contribution in [0.3, 0.4) is 0 Å². The van der Waals surface area contributed by atoms with Gasteiger partial charge in [-0.3, -0.25) is 0 Å². The summed E-state index contributed by atoms with van der Waals surface area (Å²) < 4.78 is 24.5. The fourth-order valence-electron chi connectivity index (χ4n) is 2.11. The number of hydrogen-bond donors (Lipinski definition) is 1. The van der Waals surface area contributed by atoms with Gasteiger partial charge in [-0.1, -0.05) is 0 Å². The van der Waals surface area contributed by atoms with Gasteiger partial charge in [0.1, 0.15) is 11.7 Å². The van der Waals surface area contributed by atoms with E-state index in [9.17, 15) is 13.5 Å². The van der Waals surface area contributed by atoms with Crippen molar-refractivity contribution in [1.82, 2.24) is 19.7 Å². The molecule has 8 heteroatoms. The van der Waals surface area contributed by atoms with E-state index in [4.69, 9.17) is 0 Å². The molecule has 3 aromatic rings. The molecule has 2 aromatic heterocycles. The first-order valence-electron chi connectivity index (χ1n) is 6.08. The quantitative estimate of drug-likeness (QED) is 0.764. The second-order valence-corrected chi connectivity index (χ2v) is 6.67. The van der Waals surface area contributed by atoms with E-state index in [2.05, 4.69) is 15.1 Å². The first-order chi connectivity index (χ1) is 9.88. The van der Waals surface area contributed by atoms with Crippen molar-refractivity contribution >= 4 is 20.9 Å². The molecule has 108 valence electrons. The van der Waals surface area contributed by atoms with Gasteiger partial charge in [0, 0.05) is 6.26 Å². The van der Waals surface area contributed by atoms with Crippen molar-refractivity contribution in [1.29, 1.82) is 0 Å². The molecule has 0 saturated heterocycles. The van der Waals surface area contributed by atoms with E-state index in [0.29, 0.717) is 22.4 Å². The number of aromatic hydroxyl groups is 1. The minimum Gasteiger partial charge on any atom is -0.493 e. The van der Waals surface area contributed by atoms with E-state index >= 15 is 0 Å². The lowest BCUT2D eigenvalue weighted by Crippen LogP contribution is -2.00. The predicted octanol–water partition coefficient (Wildman–Crippen LogP) is 1.23. The van der Waals surface area contributed by atoms with Gasteiger partial charge >= 0.3 is 0 Å². The SMILES string of the molecule is Cc1nn(-c2ccc(S(C)(=O)=O)cc2)c2ncnc(O)c12. The number of sulfone groups is 1. The van der Waals surface area contributed by atoms with Gasteiger partial charge in [-0.2, -0.15) is 5.10 Å². The van der Waals surface area contributed by atoms with Crippen molar-refractivity contribution < 1.29 is 13.5 Å². The fraction of sp³-hybridized carbons (Fsp3) is 0.154. The number of rotatable bonds is 2. The lowest BCUT2D eigenvalue weighted by molar-refractivity contribution is 0.459. The Kier molecular flexibility index (Phi) is 2.91. The Labute approximate surface area is 120 Å². The van der Waals surface area contributed by atoms with Crippen molar-refractivity contribution in [2.24, 2.45) is 0 Å². The number of aryl methyl sites for hydroxylation is 1. The second-order valence-electron chi connectivity index (χ2n) is 4.66. The molecule has 21 heavy (non-hydrogen) atoms. The number of nitrogens with zero attached hydrogens (tertiary/aromatic N) is 4. The Morgan fingerprint density at radius 1 is 1.14 bits per heavy atom. The zero-order valence-corrected chi connectivity index (χ0v) is 12.2. The first kappa shape index (κ1) is 13.5. The van der Waals surface area contributed by atoms with Gasteiger partial charge in [0.2, 0.25) is 5.88 Å². The Bertz CT molecular complexity index is 930. The molecule has 1 N–H and O–H groups in total. The Balaban J connectivity index is 2.20. The Morgan fingerprint density at radius 2 is 1.81 bits per heavy atom. The highest BCUT2D eigenvalue weighted by atomic mass is 32.2. The highest BCUT2D eigenvalue weighted by Gasteiger charge is 2.15. The summed E-state index contributed by atoms with van der Waals surface area (Å²) in [5.74, 6) is -0.128. The minimum atomic E-state index is -3.24. The second kappa shape index (κ2) is 4.52. The van der Waals surface area contributed by atoms with Crippen LogP contribution in [0.2, 0.25) is 0 Å². The lowest BCUT2D eigenvalue weighted by Gasteiger charge is -2.04. The van der Waals surface area contributed by atoms with Crippen LogP contribution in [-0.2, 0) is 9.84 Å². The molecule has 3 rings (SSSR count). The molecule has 0 unspecified atom stereocenters. The summed E-state index contributed by atoms with van der Waals surface area (Å²) in [5.41, 5.74) is 1.71. The number of fused-ring (bicyclic) bond motifs is 1. The number of benzene rings is 1. The van der Waals surface area contributed by atoms with E-state index in [0.717, 1.165) is 6.26 Å². The van der Waals surface area contributed by atoms with Gasteiger partial charge in [-0.15, -0.1) is 0 Å². The van der Waals surface area contributed by atoms with Gasteiger partial charge < -0.3 is 5.11 Å². The monoisotopic (exact) mass is 304 g/mol. The van der Waals surface area contributed by atoms with Crippen LogP contribution in [0.25, 0.3) is 16.7 Å². The van der Waals surface area contributed by atoms with Crippen LogP contribution in [0.5, 0.6) is 5.88 Å². The van der Waals surface area contributed by atoms with Crippen LogP contribution >= 0.6 is 0 Å². The molecule has 0 radical (unpaired) electrons. The molecular weight excluding hydrogens is 292 g/mol. The smallest absolute Gasteiger partial charge is 0.225 e. The van der Waals surface area contributed by atoms with Crippen LogP contribution in [0.15, 0.2) is 35.5 Å². The molecule has 0 aliphatic heterocycles. The van der Waals surface area contributed by atoms with Gasteiger partial charge in [0.15, 0.2) is 15.5 Å². The van der Waals surface area contributed by atoms with Crippen LogP contribution in [0.4, 0.5) is 0 Å². The summed E-state index contributed by atoms with van der Waals surface area (Å²) >= 11 is 0. The maximum Gasteiger partial charge on any atom is 0.225 e. The molecule has 0 spiro atoms. The molecule has 0 fully saturated rings. The third-order valence-corrected chi connectivity index (χ3v) is 4.26. The van der Waals surface area contributed by atoms with E-state index in [1.54, 1.807) is 19.1 Å². The van der Waals surface area contributed by atoms with Gasteiger partial charge in [-0.05, 0) is 31.2 Å². The van der Waals surface area contributed by atoms with Crippen molar-refractivity contribution in [2.75, 3.05) is 6.26 Å². The molecular formula is C13H12N4O3S. The topological polar surface area (TPSA) is 98.0 Å². The Morgan fingerprint density at radius 3 is 2.43 bits per heavy atom. The molecule has 0 bridgehead atoms. The molecule has 7 nitrogen and oxygen atoms in total. The molecule has 2 heterocycles. The third-order valence-electron chi connectivity index (χ3n) is 3.13. The van der Waals surface area contributed by atoms with Crippen LogP contribution in [-0.4, -0.2) is 39.5 Å². The van der Waals surface area contributed by atoms with Crippen LogP contribution < -0.4 is 0 Å². The highest BCUT2D eigenvalue weighted by molar-refractivity contribution is 7.90. The van der Waals surface area contributed by atoms with Gasteiger partial charge in [0.25, 0.3) is 0 Å². The average Bonchev–Trinajstić information content (AvgIpc) is 2.77. The predicted molar refractivity (Wildman–Crippen MR) is 76.2 cm³/mol. The van der Waals surface area contributed by atoms with E-state index < -0.39 is 9.84 Å². The van der Waals surface area contributed by atoms with Crippen molar-refractivity contribution in [3.8, 4) is 11.6 Å². The summed E-state index contributed by atoms with van der Waals surface area (Å²) in [4.78, 5) is 8.09. The van der Waals surface area contributed by atoms with E-state index in [-0.39, 0.29) is 10.8 Å². The first-order valence-corrected chi connectivity index (χ1v) is 7.97. The average molecular weight is 304 g/mol. The highest BCUT2D eigenvalue weighted by Crippen LogP contribution is 2.26. The third kappa shape index (κ3) is 2.23. The molecule has 0 aliphatic rings. The molecule has 0 saturated carbocycles. The normalized spacial score (nSPS) is 11.9. The summed E-state index contributed by atoms with van der Waals surface area (Å²) in [6.07, 6.45) is 2.40. The molecule has 0 aliphatic carbocycles. The molecule has 0 atom stereocenters. The van der Waals surface area contributed by atoms with Gasteiger partial charge in [0.05, 0.1) is 16.3 Å². The van der Waals surface area contributed by atoms with E-state index in [1.807, 2.05) is 0 Å². The van der Waals surface area contributed by atoms with Crippen LogP contribution in [0, 0.1) is 6.92 Å². The zero-order valence-electron chi connectivity index (χ0n) is 11.3. The van der Waals surface area contributed by atoms with Gasteiger partial charge in [-0.25, -0.2) is 23.1 Å². The summed E-state index contributed by atoms with van der Waals surface area (Å²) in [5, 5.41) is 14.6. The molecule has 1 aromatic carbocycles. The fourth-order valence-corrected chi connectivity index (χ4v) is 2.74. The standard InChI is InChI=1S/C13H12N4O3S/c1-8-11-12(14-7-15-13(11)18)17(16-8)9-3-5-10(6-4-9)21(2,19)20/h3-7H,1-2H3,(H,14,15,18). The number of hydrogen-bond acceptors (Lipinski definition) is 6. The maximum absolute atomic E-state index is 11.5.